The van der Waals surface area contributed by atoms with E-state index in [9.17, 15) is 4.79 Å². The summed E-state index contributed by atoms with van der Waals surface area (Å²) >= 11 is 0. The zero-order chi connectivity index (χ0) is 19.7. The molecule has 0 amide bonds. The molecule has 5 nitrogen and oxygen atoms in total. The first kappa shape index (κ1) is 17.9. The fraction of sp³-hybridized carbons (Fsp3) is 0.174. The lowest BCUT2D eigenvalue weighted by Gasteiger charge is -2.10. The van der Waals surface area contributed by atoms with E-state index in [1.54, 1.807) is 26.4 Å². The molecule has 0 spiro atoms. The molecule has 0 radical (unpaired) electrons. The van der Waals surface area contributed by atoms with Crippen molar-refractivity contribution in [3.05, 3.63) is 69.7 Å². The molecule has 0 unspecified atom stereocenters. The van der Waals surface area contributed by atoms with Crippen molar-refractivity contribution >= 4 is 27.8 Å². The first-order chi connectivity index (χ1) is 13.7. The molecule has 3 aromatic carbocycles. The summed E-state index contributed by atoms with van der Waals surface area (Å²) in [5.41, 5.74) is 1.51. The van der Waals surface area contributed by atoms with Gasteiger partial charge in [-0.15, -0.1) is 0 Å². The summed E-state index contributed by atoms with van der Waals surface area (Å²) in [5.74, 6) is 1.97. The predicted octanol–water partition coefficient (Wildman–Crippen LogP) is 3.91. The van der Waals surface area contributed by atoms with Crippen LogP contribution in [0.5, 0.6) is 17.2 Å². The van der Waals surface area contributed by atoms with Crippen LogP contribution in [0.2, 0.25) is 0 Å². The summed E-state index contributed by atoms with van der Waals surface area (Å²) in [6.07, 6.45) is 1.71. The lowest BCUT2D eigenvalue weighted by atomic mass is 10.0. The summed E-state index contributed by atoms with van der Waals surface area (Å²) in [5, 5.41) is 2.22. The van der Waals surface area contributed by atoms with Crippen molar-refractivity contribution in [3.63, 3.8) is 0 Å². The van der Waals surface area contributed by atoms with Gasteiger partial charge in [-0.3, -0.25) is 4.79 Å². The van der Waals surface area contributed by atoms with Gasteiger partial charge in [0.1, 0.15) is 11.3 Å². The number of ether oxygens (including phenoxy) is 3. The van der Waals surface area contributed by atoms with Gasteiger partial charge in [0.25, 0.3) is 0 Å². The third kappa shape index (κ3) is 2.95. The zero-order valence-corrected chi connectivity index (χ0v) is 15.9. The summed E-state index contributed by atoms with van der Waals surface area (Å²) < 4.78 is 22.3. The maximum atomic E-state index is 13.0. The maximum absolute atomic E-state index is 13.0. The van der Waals surface area contributed by atoms with E-state index in [1.165, 1.54) is 0 Å². The van der Waals surface area contributed by atoms with E-state index in [-0.39, 0.29) is 10.8 Å². The highest BCUT2D eigenvalue weighted by atomic mass is 16.5. The van der Waals surface area contributed by atoms with Gasteiger partial charge >= 0.3 is 0 Å². The van der Waals surface area contributed by atoms with Crippen molar-refractivity contribution in [3.8, 4) is 17.2 Å². The zero-order valence-electron chi connectivity index (χ0n) is 15.9. The third-order valence-electron chi connectivity index (χ3n) is 4.66. The van der Waals surface area contributed by atoms with Crippen LogP contribution in [0, 0.1) is 0 Å². The smallest absolute Gasteiger partial charge is 0.228 e. The molecule has 4 aromatic rings. The third-order valence-corrected chi connectivity index (χ3v) is 4.66. The van der Waals surface area contributed by atoms with E-state index in [0.29, 0.717) is 34.8 Å². The molecule has 142 valence electrons. The topological polar surface area (TPSA) is 57.9 Å². The lowest BCUT2D eigenvalue weighted by molar-refractivity contribution is 0.311. The van der Waals surface area contributed by atoms with Gasteiger partial charge in [0, 0.05) is 16.2 Å². The Labute approximate surface area is 161 Å². The Bertz CT molecular complexity index is 1270. The minimum Gasteiger partial charge on any atom is -0.496 e. The molecule has 0 saturated carbocycles. The maximum Gasteiger partial charge on any atom is 0.228 e. The Balaban J connectivity index is 1.95. The Morgan fingerprint density at radius 3 is 2.46 bits per heavy atom. The van der Waals surface area contributed by atoms with Gasteiger partial charge < -0.3 is 18.6 Å². The Hall–Kier alpha value is -3.47. The van der Waals surface area contributed by atoms with Gasteiger partial charge in [-0.2, -0.15) is 0 Å². The molecule has 0 aliphatic rings. The van der Waals surface area contributed by atoms with Crippen molar-refractivity contribution in [2.24, 2.45) is 0 Å². The van der Waals surface area contributed by atoms with Crippen molar-refractivity contribution in [1.82, 2.24) is 0 Å². The highest BCUT2D eigenvalue weighted by molar-refractivity contribution is 6.09. The van der Waals surface area contributed by atoms with E-state index in [0.717, 1.165) is 16.3 Å². The van der Waals surface area contributed by atoms with Crippen LogP contribution in [0.4, 0.5) is 0 Å². The Kier molecular flexibility index (Phi) is 4.65. The quantitative estimate of drug-likeness (QED) is 0.529. The molecular weight excluding hydrogens is 356 g/mol. The van der Waals surface area contributed by atoms with Gasteiger partial charge in [0.15, 0.2) is 16.9 Å². The molecule has 0 saturated heterocycles. The molecule has 0 atom stereocenters. The van der Waals surface area contributed by atoms with E-state index in [2.05, 4.69) is 0 Å². The van der Waals surface area contributed by atoms with Crippen LogP contribution in [0.15, 0.2) is 57.7 Å². The summed E-state index contributed by atoms with van der Waals surface area (Å²) in [6, 6.07) is 14.7. The average molecular weight is 376 g/mol. The largest absolute Gasteiger partial charge is 0.496 e. The van der Waals surface area contributed by atoms with Gasteiger partial charge in [0.05, 0.1) is 20.8 Å². The fourth-order valence-electron chi connectivity index (χ4n) is 3.39. The van der Waals surface area contributed by atoms with Crippen molar-refractivity contribution in [1.29, 1.82) is 0 Å². The standard InChI is InChI=1S/C23H20O5/c1-4-27-18-10-8-14(12-20(18)26-3)13-21-23(24)16-9-11-17(25-2)15-6-5-7-19(28-21)22(15)16/h5-13H,4H2,1-3H3/b21-13-. The van der Waals surface area contributed by atoms with Gasteiger partial charge in [-0.25, -0.2) is 0 Å². The van der Waals surface area contributed by atoms with Crippen LogP contribution in [0.1, 0.15) is 12.5 Å². The molecular formula is C23H20O5. The molecule has 0 fully saturated rings. The molecule has 1 aromatic heterocycles. The van der Waals surface area contributed by atoms with Crippen molar-refractivity contribution in [2.75, 3.05) is 20.8 Å². The van der Waals surface area contributed by atoms with E-state index in [4.69, 9.17) is 18.6 Å². The van der Waals surface area contributed by atoms with Crippen LogP contribution >= 0.6 is 0 Å². The fourth-order valence-corrected chi connectivity index (χ4v) is 3.39. The van der Waals surface area contributed by atoms with Crippen molar-refractivity contribution < 1.29 is 18.6 Å². The second kappa shape index (κ2) is 7.27. The molecule has 1 heterocycles. The monoisotopic (exact) mass is 376 g/mol. The van der Waals surface area contributed by atoms with Crippen LogP contribution in [-0.4, -0.2) is 20.8 Å². The molecule has 4 rings (SSSR count). The number of benzene rings is 3. The first-order valence-corrected chi connectivity index (χ1v) is 9.01. The normalized spacial score (nSPS) is 11.9. The van der Waals surface area contributed by atoms with Crippen molar-refractivity contribution in [2.45, 2.75) is 6.92 Å². The highest BCUT2D eigenvalue weighted by Gasteiger charge is 2.12. The second-order valence-electron chi connectivity index (χ2n) is 6.28. The second-order valence-corrected chi connectivity index (χ2v) is 6.28. The summed E-state index contributed by atoms with van der Waals surface area (Å²) in [6.45, 7) is 2.46. The Morgan fingerprint density at radius 1 is 0.929 bits per heavy atom. The summed E-state index contributed by atoms with van der Waals surface area (Å²) in [7, 11) is 3.20. The summed E-state index contributed by atoms with van der Waals surface area (Å²) in [4.78, 5) is 13.0. The number of hydrogen-bond acceptors (Lipinski definition) is 5. The van der Waals surface area contributed by atoms with Crippen LogP contribution in [-0.2, 0) is 0 Å². The molecule has 28 heavy (non-hydrogen) atoms. The molecule has 5 heteroatoms. The van der Waals surface area contributed by atoms with Gasteiger partial charge in [-0.05, 0) is 48.9 Å². The Morgan fingerprint density at radius 2 is 1.71 bits per heavy atom. The molecule has 0 aliphatic heterocycles. The molecule has 0 aliphatic carbocycles. The lowest BCUT2D eigenvalue weighted by Crippen LogP contribution is -2.24. The average Bonchev–Trinajstić information content (AvgIpc) is 2.72. The van der Waals surface area contributed by atoms with Gasteiger partial charge in [0.2, 0.25) is 5.43 Å². The number of methoxy groups -OCH3 is 2. The van der Waals surface area contributed by atoms with Crippen LogP contribution in [0.25, 0.3) is 27.8 Å². The molecule has 0 N–H and O–H groups in total. The predicted molar refractivity (Wildman–Crippen MR) is 109 cm³/mol. The van der Waals surface area contributed by atoms with E-state index < -0.39 is 0 Å². The van der Waals surface area contributed by atoms with Gasteiger partial charge in [-0.1, -0.05) is 18.2 Å². The minimum absolute atomic E-state index is 0.167. The minimum atomic E-state index is -0.167. The van der Waals surface area contributed by atoms with Crippen LogP contribution < -0.4 is 25.1 Å². The highest BCUT2D eigenvalue weighted by Crippen LogP contribution is 2.31. The van der Waals surface area contributed by atoms with Crippen LogP contribution in [0.3, 0.4) is 0 Å². The number of rotatable bonds is 5. The van der Waals surface area contributed by atoms with E-state index in [1.807, 2.05) is 49.4 Å². The van der Waals surface area contributed by atoms with E-state index >= 15 is 0 Å². The SMILES string of the molecule is CCOc1ccc(/C=c2\oc3cccc4c(OC)ccc(c2=O)c34)cc1OC. The molecule has 0 bridgehead atoms. The number of hydrogen-bond donors (Lipinski definition) is 0. The first-order valence-electron chi connectivity index (χ1n) is 9.01.